The van der Waals surface area contributed by atoms with Crippen LogP contribution in [0, 0.1) is 11.6 Å². The Kier molecular flexibility index (Phi) is 8.53. The second kappa shape index (κ2) is 12.0. The van der Waals surface area contributed by atoms with Crippen molar-refractivity contribution in [1.82, 2.24) is 4.90 Å². The third-order valence-electron chi connectivity index (χ3n) is 6.09. The Hall–Kier alpha value is -4.04. The van der Waals surface area contributed by atoms with Crippen LogP contribution >= 0.6 is 0 Å². The van der Waals surface area contributed by atoms with E-state index in [9.17, 15) is 22.0 Å². The van der Waals surface area contributed by atoms with Crippen LogP contribution in [0.3, 0.4) is 0 Å². The maximum Gasteiger partial charge on any atom is 0.339 e. The summed E-state index contributed by atoms with van der Waals surface area (Å²) in [5, 5.41) is 0. The van der Waals surface area contributed by atoms with Gasteiger partial charge in [-0.05, 0) is 71.6 Å². The topological polar surface area (TPSA) is 63.7 Å². The third kappa shape index (κ3) is 6.83. The van der Waals surface area contributed by atoms with Crippen molar-refractivity contribution in [2.45, 2.75) is 37.2 Å². The van der Waals surface area contributed by atoms with Crippen LogP contribution in [0.5, 0.6) is 5.75 Å². The minimum absolute atomic E-state index is 0.0658. The van der Waals surface area contributed by atoms with Crippen LogP contribution in [0.25, 0.3) is 0 Å². The predicted molar refractivity (Wildman–Crippen MR) is 141 cm³/mol. The van der Waals surface area contributed by atoms with Crippen molar-refractivity contribution >= 4 is 16.0 Å². The molecule has 4 aromatic carbocycles. The van der Waals surface area contributed by atoms with E-state index in [0.717, 1.165) is 35.4 Å². The standard InChI is InChI=1S/C30H27F2NO4S/c1-2-29(24-8-4-3-5-9-24)30(34)33(20-22-11-13-25(31)14-12-22)21-23-7-6-10-27(19-23)37-38(35,36)28-17-15-26(32)16-18-28/h3-19,29H,2,20-21H2,1H3/t29-/m0/s1. The summed E-state index contributed by atoms with van der Waals surface area (Å²) in [6.45, 7) is 2.36. The molecule has 0 aliphatic carbocycles. The van der Waals surface area contributed by atoms with Gasteiger partial charge in [-0.2, -0.15) is 8.42 Å². The molecule has 38 heavy (non-hydrogen) atoms. The predicted octanol–water partition coefficient (Wildman–Crippen LogP) is 6.46. The number of hydrogen-bond donors (Lipinski definition) is 0. The second-order valence-corrected chi connectivity index (χ2v) is 10.4. The molecule has 8 heteroatoms. The molecule has 4 rings (SSSR count). The van der Waals surface area contributed by atoms with Crippen LogP contribution in [0.15, 0.2) is 108 Å². The number of nitrogens with zero attached hydrogens (tertiary/aromatic N) is 1. The average Bonchev–Trinajstić information content (AvgIpc) is 2.91. The molecular formula is C30H27F2NO4S. The Bertz CT molecular complexity index is 1480. The molecule has 0 aliphatic rings. The molecule has 0 fully saturated rings. The smallest absolute Gasteiger partial charge is 0.339 e. The fourth-order valence-corrected chi connectivity index (χ4v) is 5.10. The van der Waals surface area contributed by atoms with Crippen LogP contribution in [0.1, 0.15) is 36.0 Å². The van der Waals surface area contributed by atoms with E-state index in [1.54, 1.807) is 35.2 Å². The summed E-state index contributed by atoms with van der Waals surface area (Å²) in [6.07, 6.45) is 0.585. The molecule has 0 heterocycles. The largest absolute Gasteiger partial charge is 0.379 e. The molecule has 1 atom stereocenters. The third-order valence-corrected chi connectivity index (χ3v) is 7.35. The zero-order valence-electron chi connectivity index (χ0n) is 20.8. The van der Waals surface area contributed by atoms with Gasteiger partial charge in [-0.1, -0.05) is 61.5 Å². The van der Waals surface area contributed by atoms with Crippen LogP contribution in [0.2, 0.25) is 0 Å². The fraction of sp³-hybridized carbons (Fsp3) is 0.167. The number of benzene rings is 4. The van der Waals surface area contributed by atoms with E-state index in [1.807, 2.05) is 37.3 Å². The molecule has 0 unspecified atom stereocenters. The van der Waals surface area contributed by atoms with E-state index in [1.165, 1.54) is 18.2 Å². The first-order valence-corrected chi connectivity index (χ1v) is 13.5. The quantitative estimate of drug-likeness (QED) is 0.219. The SMILES string of the molecule is CC[C@H](C(=O)N(Cc1ccc(F)cc1)Cc1cccc(OS(=O)(=O)c2ccc(F)cc2)c1)c1ccccc1. The molecule has 1 amide bonds. The van der Waals surface area contributed by atoms with Crippen LogP contribution in [-0.4, -0.2) is 19.2 Å². The molecule has 0 saturated carbocycles. The van der Waals surface area contributed by atoms with E-state index < -0.39 is 15.9 Å². The summed E-state index contributed by atoms with van der Waals surface area (Å²) in [6, 6.07) is 26.3. The number of carbonyl (C=O) groups excluding carboxylic acids is 1. The van der Waals surface area contributed by atoms with Gasteiger partial charge in [-0.15, -0.1) is 0 Å². The Morgan fingerprint density at radius 3 is 2.03 bits per heavy atom. The molecule has 4 aromatic rings. The lowest BCUT2D eigenvalue weighted by Gasteiger charge is -2.28. The molecule has 0 bridgehead atoms. The van der Waals surface area contributed by atoms with Gasteiger partial charge in [0.2, 0.25) is 5.91 Å². The first-order chi connectivity index (χ1) is 18.2. The Labute approximate surface area is 221 Å². The molecule has 0 spiro atoms. The molecule has 0 aromatic heterocycles. The Morgan fingerprint density at radius 2 is 1.39 bits per heavy atom. The highest BCUT2D eigenvalue weighted by molar-refractivity contribution is 7.87. The van der Waals surface area contributed by atoms with E-state index in [-0.39, 0.29) is 41.4 Å². The van der Waals surface area contributed by atoms with Crippen molar-refractivity contribution in [3.05, 3.63) is 131 Å². The molecule has 0 aliphatic heterocycles. The van der Waals surface area contributed by atoms with Crippen molar-refractivity contribution < 1.29 is 26.2 Å². The van der Waals surface area contributed by atoms with Gasteiger partial charge in [0.15, 0.2) is 0 Å². The van der Waals surface area contributed by atoms with Gasteiger partial charge < -0.3 is 9.08 Å². The van der Waals surface area contributed by atoms with Crippen molar-refractivity contribution in [2.24, 2.45) is 0 Å². The summed E-state index contributed by atoms with van der Waals surface area (Å²) >= 11 is 0. The number of carbonyl (C=O) groups is 1. The van der Waals surface area contributed by atoms with Gasteiger partial charge in [-0.3, -0.25) is 4.79 Å². The van der Waals surface area contributed by atoms with Crippen LogP contribution < -0.4 is 4.18 Å². The zero-order chi connectivity index (χ0) is 27.1. The lowest BCUT2D eigenvalue weighted by atomic mass is 9.94. The molecule has 5 nitrogen and oxygen atoms in total. The highest BCUT2D eigenvalue weighted by Crippen LogP contribution is 2.26. The lowest BCUT2D eigenvalue weighted by Crippen LogP contribution is -2.34. The Balaban J connectivity index is 1.60. The monoisotopic (exact) mass is 535 g/mol. The normalized spacial score (nSPS) is 12.1. The van der Waals surface area contributed by atoms with E-state index >= 15 is 0 Å². The van der Waals surface area contributed by atoms with Crippen molar-refractivity contribution in [2.75, 3.05) is 0 Å². The second-order valence-electron chi connectivity index (χ2n) is 8.83. The maximum absolute atomic E-state index is 13.8. The molecule has 0 saturated heterocycles. The highest BCUT2D eigenvalue weighted by atomic mass is 32.2. The first kappa shape index (κ1) is 27.0. The Morgan fingerprint density at radius 1 is 0.789 bits per heavy atom. The van der Waals surface area contributed by atoms with E-state index in [4.69, 9.17) is 4.18 Å². The highest BCUT2D eigenvalue weighted by Gasteiger charge is 2.25. The van der Waals surface area contributed by atoms with Gasteiger partial charge in [-0.25, -0.2) is 8.78 Å². The van der Waals surface area contributed by atoms with E-state index in [2.05, 4.69) is 0 Å². The number of amides is 1. The van der Waals surface area contributed by atoms with E-state index in [0.29, 0.717) is 12.0 Å². The van der Waals surface area contributed by atoms with Crippen molar-refractivity contribution in [3.63, 3.8) is 0 Å². The van der Waals surface area contributed by atoms with Crippen LogP contribution in [0.4, 0.5) is 8.78 Å². The number of rotatable bonds is 10. The molecule has 196 valence electrons. The first-order valence-electron chi connectivity index (χ1n) is 12.1. The maximum atomic E-state index is 13.8. The zero-order valence-corrected chi connectivity index (χ0v) is 21.6. The van der Waals surface area contributed by atoms with Crippen molar-refractivity contribution in [3.8, 4) is 5.75 Å². The minimum Gasteiger partial charge on any atom is -0.379 e. The van der Waals surface area contributed by atoms with Gasteiger partial charge in [0, 0.05) is 13.1 Å². The van der Waals surface area contributed by atoms with Crippen LogP contribution in [-0.2, 0) is 28.0 Å². The summed E-state index contributed by atoms with van der Waals surface area (Å²) in [7, 11) is -4.18. The summed E-state index contributed by atoms with van der Waals surface area (Å²) in [5.41, 5.74) is 2.30. The summed E-state index contributed by atoms with van der Waals surface area (Å²) in [5.74, 6) is -1.34. The average molecular weight is 536 g/mol. The van der Waals surface area contributed by atoms with Crippen molar-refractivity contribution in [1.29, 1.82) is 0 Å². The molecular weight excluding hydrogens is 508 g/mol. The number of halogens is 2. The fourth-order valence-electron chi connectivity index (χ4n) is 4.17. The summed E-state index contributed by atoms with van der Waals surface area (Å²) < 4.78 is 57.3. The molecule has 0 radical (unpaired) electrons. The molecule has 0 N–H and O–H groups in total. The van der Waals surface area contributed by atoms with Gasteiger partial charge in [0.25, 0.3) is 0 Å². The summed E-state index contributed by atoms with van der Waals surface area (Å²) in [4.78, 5) is 15.3. The minimum atomic E-state index is -4.18. The van der Waals surface area contributed by atoms with Gasteiger partial charge in [0.1, 0.15) is 22.3 Å². The lowest BCUT2D eigenvalue weighted by molar-refractivity contribution is -0.134. The van der Waals surface area contributed by atoms with Gasteiger partial charge in [0.05, 0.1) is 5.92 Å². The number of hydrogen-bond acceptors (Lipinski definition) is 4. The van der Waals surface area contributed by atoms with Gasteiger partial charge >= 0.3 is 10.1 Å².